The normalized spacial score (nSPS) is 15.5. The van der Waals surface area contributed by atoms with Gasteiger partial charge < -0.3 is 30.1 Å². The van der Waals surface area contributed by atoms with Crippen LogP contribution in [0.3, 0.4) is 0 Å². The minimum absolute atomic E-state index is 0.0278. The molecule has 3 aromatic rings. The molecule has 0 aliphatic carbocycles. The molecule has 0 radical (unpaired) electrons. The van der Waals surface area contributed by atoms with Gasteiger partial charge in [-0.05, 0) is 86.7 Å². The third-order valence-electron chi connectivity index (χ3n) is 7.94. The van der Waals surface area contributed by atoms with E-state index in [0.29, 0.717) is 11.3 Å². The summed E-state index contributed by atoms with van der Waals surface area (Å²) in [5, 5.41) is 5.84. The molecule has 0 bridgehead atoms. The maximum atomic E-state index is 13.8. The first-order valence-corrected chi connectivity index (χ1v) is 14.1. The van der Waals surface area contributed by atoms with Crippen molar-refractivity contribution in [3.05, 3.63) is 77.4 Å². The largest absolute Gasteiger partial charge is 0.495 e. The lowest BCUT2D eigenvalue weighted by Crippen LogP contribution is -2.47. The predicted molar refractivity (Wildman–Crippen MR) is 162 cm³/mol. The van der Waals surface area contributed by atoms with Crippen LogP contribution in [0.4, 0.5) is 27.5 Å². The zero-order chi connectivity index (χ0) is 28.1. The zero-order valence-electron chi connectivity index (χ0n) is 23.7. The first-order valence-electron chi connectivity index (χ1n) is 14.1. The first kappa shape index (κ1) is 27.4. The monoisotopic (exact) mass is 541 g/mol. The van der Waals surface area contributed by atoms with E-state index in [1.165, 1.54) is 5.56 Å². The van der Waals surface area contributed by atoms with Crippen LogP contribution < -0.4 is 25.2 Å². The lowest BCUT2D eigenvalue weighted by Gasteiger charge is -2.39. The molecule has 0 spiro atoms. The van der Waals surface area contributed by atoms with E-state index in [9.17, 15) is 9.59 Å². The summed E-state index contributed by atoms with van der Waals surface area (Å²) < 4.78 is 5.58. The van der Waals surface area contributed by atoms with Crippen molar-refractivity contribution in [1.82, 2.24) is 4.90 Å². The number of piperazine rings is 1. The highest BCUT2D eigenvalue weighted by atomic mass is 16.5. The van der Waals surface area contributed by atoms with E-state index in [1.807, 2.05) is 73.3 Å². The van der Waals surface area contributed by atoms with Gasteiger partial charge in [0.1, 0.15) is 5.75 Å². The quantitative estimate of drug-likeness (QED) is 0.406. The molecule has 40 heavy (non-hydrogen) atoms. The van der Waals surface area contributed by atoms with Gasteiger partial charge in [0.15, 0.2) is 0 Å². The molecule has 8 heteroatoms. The molecule has 5 rings (SSSR count). The van der Waals surface area contributed by atoms with Crippen LogP contribution >= 0.6 is 0 Å². The highest BCUT2D eigenvalue weighted by Gasteiger charge is 2.26. The number of piperidine rings is 1. The second-order valence-corrected chi connectivity index (χ2v) is 10.6. The third-order valence-corrected chi connectivity index (χ3v) is 7.94. The zero-order valence-corrected chi connectivity index (χ0v) is 23.7. The molecule has 0 unspecified atom stereocenters. The van der Waals surface area contributed by atoms with Gasteiger partial charge in [-0.15, -0.1) is 0 Å². The van der Waals surface area contributed by atoms with E-state index < -0.39 is 0 Å². The van der Waals surface area contributed by atoms with Crippen molar-refractivity contribution in [2.75, 3.05) is 66.8 Å². The fourth-order valence-corrected chi connectivity index (χ4v) is 5.52. The van der Waals surface area contributed by atoms with Gasteiger partial charge in [-0.2, -0.15) is 0 Å². The molecule has 2 heterocycles. The number of methoxy groups -OCH3 is 1. The van der Waals surface area contributed by atoms with Crippen molar-refractivity contribution >= 4 is 34.7 Å². The molecular formula is C32H39N5O3. The minimum atomic E-state index is -0.335. The summed E-state index contributed by atoms with van der Waals surface area (Å²) in [5.41, 5.74) is 6.25. The molecule has 2 saturated heterocycles. The van der Waals surface area contributed by atoms with Crippen molar-refractivity contribution < 1.29 is 14.3 Å². The van der Waals surface area contributed by atoms with Crippen LogP contribution in [0.5, 0.6) is 5.75 Å². The molecular weight excluding hydrogens is 502 g/mol. The van der Waals surface area contributed by atoms with Crippen LogP contribution in [0.1, 0.15) is 40.7 Å². The molecule has 2 aliphatic rings. The second-order valence-electron chi connectivity index (χ2n) is 10.6. The average Bonchev–Trinajstić information content (AvgIpc) is 2.99. The number of ether oxygens (including phenoxy) is 1. The number of anilines is 4. The van der Waals surface area contributed by atoms with Gasteiger partial charge in [0, 0.05) is 56.3 Å². The van der Waals surface area contributed by atoms with Crippen LogP contribution in [0.2, 0.25) is 0 Å². The molecule has 8 nitrogen and oxygen atoms in total. The Bertz CT molecular complexity index is 1360. The molecule has 2 fully saturated rings. The number of hydrogen-bond acceptors (Lipinski definition) is 5. The predicted octanol–water partition coefficient (Wildman–Crippen LogP) is 5.91. The molecule has 2 aliphatic heterocycles. The summed E-state index contributed by atoms with van der Waals surface area (Å²) in [7, 11) is 1.70. The number of aryl methyl sites for hydroxylation is 2. The number of urea groups is 1. The van der Waals surface area contributed by atoms with E-state index in [-0.39, 0.29) is 11.9 Å². The number of rotatable bonds is 6. The highest BCUT2D eigenvalue weighted by molar-refractivity contribution is 6.04. The van der Waals surface area contributed by atoms with Crippen LogP contribution in [0, 0.1) is 13.8 Å². The van der Waals surface area contributed by atoms with E-state index in [2.05, 4.69) is 26.5 Å². The van der Waals surface area contributed by atoms with E-state index in [1.54, 1.807) is 7.11 Å². The van der Waals surface area contributed by atoms with Gasteiger partial charge in [0.2, 0.25) is 0 Å². The smallest absolute Gasteiger partial charge is 0.323 e. The summed E-state index contributed by atoms with van der Waals surface area (Å²) in [5.74, 6) is 0.895. The van der Waals surface area contributed by atoms with Gasteiger partial charge in [0.05, 0.1) is 18.4 Å². The maximum absolute atomic E-state index is 13.8. The Hall–Kier alpha value is -4.20. The highest BCUT2D eigenvalue weighted by Crippen LogP contribution is 2.32. The Morgan fingerprint density at radius 3 is 2.00 bits per heavy atom. The summed E-state index contributed by atoms with van der Waals surface area (Å²) in [6, 6.07) is 19.3. The van der Waals surface area contributed by atoms with E-state index >= 15 is 0 Å². The number of carbonyl (C=O) groups is 2. The maximum Gasteiger partial charge on any atom is 0.323 e. The molecule has 3 amide bonds. The fourth-order valence-electron chi connectivity index (χ4n) is 5.52. The Morgan fingerprint density at radius 1 is 0.700 bits per heavy atom. The van der Waals surface area contributed by atoms with Crippen molar-refractivity contribution in [2.24, 2.45) is 0 Å². The van der Waals surface area contributed by atoms with Gasteiger partial charge in [-0.25, -0.2) is 4.79 Å². The number of amides is 3. The van der Waals surface area contributed by atoms with Crippen molar-refractivity contribution in [3.63, 3.8) is 0 Å². The summed E-state index contributed by atoms with van der Waals surface area (Å²) in [4.78, 5) is 33.2. The second kappa shape index (κ2) is 12.3. The van der Waals surface area contributed by atoms with Crippen molar-refractivity contribution in [3.8, 4) is 5.75 Å². The van der Waals surface area contributed by atoms with Gasteiger partial charge in [-0.1, -0.05) is 18.2 Å². The van der Waals surface area contributed by atoms with E-state index in [4.69, 9.17) is 4.74 Å². The van der Waals surface area contributed by atoms with E-state index in [0.717, 1.165) is 86.9 Å². The number of nitrogens with zero attached hydrogens (tertiary/aromatic N) is 3. The number of para-hydroxylation sites is 2. The Balaban J connectivity index is 1.34. The number of likely N-dealkylation sites (tertiary alicyclic amines) is 1. The van der Waals surface area contributed by atoms with Gasteiger partial charge in [0.25, 0.3) is 5.91 Å². The molecule has 3 aromatic carbocycles. The first-order chi connectivity index (χ1) is 19.4. The molecule has 0 atom stereocenters. The summed E-state index contributed by atoms with van der Waals surface area (Å²) in [6.45, 7) is 8.78. The van der Waals surface area contributed by atoms with Crippen molar-refractivity contribution in [2.45, 2.75) is 33.1 Å². The Morgan fingerprint density at radius 2 is 1.32 bits per heavy atom. The third kappa shape index (κ3) is 6.17. The van der Waals surface area contributed by atoms with Crippen LogP contribution in [0.25, 0.3) is 0 Å². The lowest BCUT2D eigenvalue weighted by atomic mass is 10.1. The molecule has 0 aromatic heterocycles. The Labute approximate surface area is 236 Å². The van der Waals surface area contributed by atoms with Crippen LogP contribution in [-0.2, 0) is 0 Å². The average molecular weight is 542 g/mol. The SMILES string of the molecule is COc1ccccc1N1CCN(c2ccc(NC(=O)Nc3ccc(C)c(C)c3)cc2C(=O)N2CCCCC2)CC1. The van der Waals surface area contributed by atoms with Crippen molar-refractivity contribution in [1.29, 1.82) is 0 Å². The number of carbonyl (C=O) groups excluding carboxylic acids is 2. The fraction of sp³-hybridized carbons (Fsp3) is 0.375. The number of nitrogens with one attached hydrogen (secondary N) is 2. The summed E-state index contributed by atoms with van der Waals surface area (Å²) >= 11 is 0. The topological polar surface area (TPSA) is 77.1 Å². The van der Waals surface area contributed by atoms with Crippen LogP contribution in [-0.4, -0.2) is 63.2 Å². The molecule has 0 saturated carbocycles. The minimum Gasteiger partial charge on any atom is -0.495 e. The molecule has 2 N–H and O–H groups in total. The Kier molecular flexibility index (Phi) is 8.43. The standard InChI is InChI=1S/C32H39N5O3/c1-23-11-12-25(21-24(23)2)33-32(39)34-26-13-14-28(27(22-26)31(38)37-15-7-4-8-16-37)35-17-19-36(20-18-35)29-9-5-6-10-30(29)40-3/h5-6,9-14,21-22H,4,7-8,15-20H2,1-3H3,(H2,33,34,39). The van der Waals surface area contributed by atoms with Crippen LogP contribution in [0.15, 0.2) is 60.7 Å². The molecule has 210 valence electrons. The summed E-state index contributed by atoms with van der Waals surface area (Å²) in [6.07, 6.45) is 3.20. The number of benzene rings is 3. The van der Waals surface area contributed by atoms with Gasteiger partial charge >= 0.3 is 6.03 Å². The van der Waals surface area contributed by atoms with Gasteiger partial charge in [-0.3, -0.25) is 4.79 Å². The number of hydrogen-bond donors (Lipinski definition) is 2. The lowest BCUT2D eigenvalue weighted by molar-refractivity contribution is 0.0725.